The molecule has 1 aliphatic rings. The first-order chi connectivity index (χ1) is 6.79. The van der Waals surface area contributed by atoms with E-state index in [-0.39, 0.29) is 6.04 Å². The van der Waals surface area contributed by atoms with Gasteiger partial charge in [-0.25, -0.2) is 4.98 Å². The molecule has 14 heavy (non-hydrogen) atoms. The minimum atomic E-state index is 0.265. The van der Waals surface area contributed by atoms with Crippen molar-refractivity contribution in [2.24, 2.45) is 0 Å². The average Bonchev–Trinajstić information content (AvgIpc) is 2.19. The van der Waals surface area contributed by atoms with E-state index in [4.69, 9.17) is 16.3 Å². The predicted molar refractivity (Wildman–Crippen MR) is 57.0 cm³/mol. The molecule has 0 spiro atoms. The lowest BCUT2D eigenvalue weighted by Gasteiger charge is -2.26. The van der Waals surface area contributed by atoms with Crippen molar-refractivity contribution in [3.63, 3.8) is 0 Å². The number of aromatic nitrogens is 1. The number of ether oxygens (including phenoxy) is 1. The zero-order valence-corrected chi connectivity index (χ0v) is 8.64. The first-order valence-electron chi connectivity index (χ1n) is 4.44. The number of nitrogens with one attached hydrogen (secondary N) is 2. The lowest BCUT2D eigenvalue weighted by Crippen LogP contribution is -2.36. The van der Waals surface area contributed by atoms with Crippen molar-refractivity contribution in [1.29, 1.82) is 0 Å². The fourth-order valence-electron chi connectivity index (χ4n) is 1.47. The highest BCUT2D eigenvalue weighted by atomic mass is 35.5. The molecule has 4 nitrogen and oxygen atoms in total. The third-order valence-corrected chi connectivity index (χ3v) is 2.31. The molecule has 5 heteroatoms. The number of rotatable bonds is 2. The van der Waals surface area contributed by atoms with Crippen molar-refractivity contribution in [3.8, 4) is 0 Å². The smallest absolute Gasteiger partial charge is 0.149 e. The Labute approximate surface area is 87.6 Å². The average molecular weight is 214 g/mol. The van der Waals surface area contributed by atoms with Crippen LogP contribution < -0.4 is 10.6 Å². The van der Waals surface area contributed by atoms with E-state index in [1.807, 2.05) is 6.07 Å². The summed E-state index contributed by atoms with van der Waals surface area (Å²) < 4.78 is 5.06. The number of anilines is 2. The van der Waals surface area contributed by atoms with Gasteiger partial charge < -0.3 is 15.4 Å². The molecule has 1 unspecified atom stereocenters. The SMILES string of the molecule is COCC1CNc2cc(Cl)cnc2N1. The van der Waals surface area contributed by atoms with Crippen LogP contribution in [0.4, 0.5) is 11.5 Å². The summed E-state index contributed by atoms with van der Waals surface area (Å²) in [5.41, 5.74) is 0.949. The Kier molecular flexibility index (Phi) is 2.74. The molecule has 1 aromatic heterocycles. The van der Waals surface area contributed by atoms with Gasteiger partial charge in [-0.3, -0.25) is 0 Å². The summed E-state index contributed by atoms with van der Waals surface area (Å²) in [5, 5.41) is 7.16. The molecular formula is C9H12ClN3O. The van der Waals surface area contributed by atoms with Crippen LogP contribution in [0.5, 0.6) is 0 Å². The zero-order chi connectivity index (χ0) is 9.97. The van der Waals surface area contributed by atoms with Crippen LogP contribution in [0.15, 0.2) is 12.3 Å². The summed E-state index contributed by atoms with van der Waals surface area (Å²) in [4.78, 5) is 4.19. The summed E-state index contributed by atoms with van der Waals surface area (Å²) in [5.74, 6) is 0.836. The maximum Gasteiger partial charge on any atom is 0.149 e. The third-order valence-electron chi connectivity index (χ3n) is 2.10. The van der Waals surface area contributed by atoms with Crippen LogP contribution in [0.25, 0.3) is 0 Å². The number of hydrogen-bond acceptors (Lipinski definition) is 4. The second-order valence-electron chi connectivity index (χ2n) is 3.23. The minimum absolute atomic E-state index is 0.265. The molecule has 1 atom stereocenters. The Morgan fingerprint density at radius 1 is 1.71 bits per heavy atom. The van der Waals surface area contributed by atoms with E-state index in [0.29, 0.717) is 11.6 Å². The normalized spacial score (nSPS) is 19.4. The number of hydrogen-bond donors (Lipinski definition) is 2. The van der Waals surface area contributed by atoms with E-state index in [2.05, 4.69) is 15.6 Å². The van der Waals surface area contributed by atoms with Crippen molar-refractivity contribution in [1.82, 2.24) is 4.98 Å². The highest BCUT2D eigenvalue weighted by Gasteiger charge is 2.17. The van der Waals surface area contributed by atoms with Gasteiger partial charge in [-0.2, -0.15) is 0 Å². The molecule has 0 fully saturated rings. The Morgan fingerprint density at radius 3 is 3.36 bits per heavy atom. The molecule has 1 aliphatic heterocycles. The van der Waals surface area contributed by atoms with Gasteiger partial charge in [-0.05, 0) is 6.07 Å². The van der Waals surface area contributed by atoms with Gasteiger partial charge >= 0.3 is 0 Å². The molecule has 0 bridgehead atoms. The molecule has 0 aliphatic carbocycles. The van der Waals surface area contributed by atoms with Gasteiger partial charge in [0.2, 0.25) is 0 Å². The molecule has 76 valence electrons. The monoisotopic (exact) mass is 213 g/mol. The Hall–Kier alpha value is -1.00. The second kappa shape index (κ2) is 4.02. The van der Waals surface area contributed by atoms with E-state index in [0.717, 1.165) is 18.1 Å². The molecule has 2 heterocycles. The van der Waals surface area contributed by atoms with Crippen LogP contribution >= 0.6 is 11.6 Å². The Morgan fingerprint density at radius 2 is 2.57 bits per heavy atom. The molecular weight excluding hydrogens is 202 g/mol. The Bertz CT molecular complexity index is 332. The van der Waals surface area contributed by atoms with Gasteiger partial charge in [0.15, 0.2) is 0 Å². The van der Waals surface area contributed by atoms with E-state index < -0.39 is 0 Å². The molecule has 1 aromatic rings. The van der Waals surface area contributed by atoms with Gasteiger partial charge in [0.25, 0.3) is 0 Å². The summed E-state index contributed by atoms with van der Waals surface area (Å²) >= 11 is 5.82. The zero-order valence-electron chi connectivity index (χ0n) is 7.88. The van der Waals surface area contributed by atoms with E-state index in [1.54, 1.807) is 13.3 Å². The summed E-state index contributed by atoms with van der Waals surface area (Å²) in [6.45, 7) is 1.49. The highest BCUT2D eigenvalue weighted by molar-refractivity contribution is 6.30. The van der Waals surface area contributed by atoms with Crippen LogP contribution in [0.1, 0.15) is 0 Å². The maximum absolute atomic E-state index is 5.82. The maximum atomic E-state index is 5.82. The number of pyridine rings is 1. The lowest BCUT2D eigenvalue weighted by molar-refractivity contribution is 0.188. The van der Waals surface area contributed by atoms with Crippen LogP contribution in [-0.2, 0) is 4.74 Å². The van der Waals surface area contributed by atoms with Gasteiger partial charge in [-0.15, -0.1) is 0 Å². The third kappa shape index (κ3) is 1.91. The van der Waals surface area contributed by atoms with E-state index in [9.17, 15) is 0 Å². The fraction of sp³-hybridized carbons (Fsp3) is 0.444. The van der Waals surface area contributed by atoms with Crippen molar-refractivity contribution in [2.75, 3.05) is 30.9 Å². The van der Waals surface area contributed by atoms with Crippen molar-refractivity contribution in [3.05, 3.63) is 17.3 Å². The number of nitrogens with zero attached hydrogens (tertiary/aromatic N) is 1. The Balaban J connectivity index is 2.15. The fourth-order valence-corrected chi connectivity index (χ4v) is 1.63. The molecule has 0 amide bonds. The summed E-state index contributed by atoms with van der Waals surface area (Å²) in [7, 11) is 1.69. The molecule has 2 N–H and O–H groups in total. The van der Waals surface area contributed by atoms with Crippen LogP contribution in [0.3, 0.4) is 0 Å². The van der Waals surface area contributed by atoms with Gasteiger partial charge in [0.05, 0.1) is 23.4 Å². The quantitative estimate of drug-likeness (QED) is 0.783. The number of fused-ring (bicyclic) bond motifs is 1. The van der Waals surface area contributed by atoms with Gasteiger partial charge in [0.1, 0.15) is 5.82 Å². The molecule has 0 aromatic carbocycles. The van der Waals surface area contributed by atoms with Crippen molar-refractivity contribution >= 4 is 23.1 Å². The van der Waals surface area contributed by atoms with Crippen LogP contribution in [0.2, 0.25) is 5.02 Å². The largest absolute Gasteiger partial charge is 0.382 e. The molecule has 0 radical (unpaired) electrons. The van der Waals surface area contributed by atoms with Crippen molar-refractivity contribution in [2.45, 2.75) is 6.04 Å². The number of methoxy groups -OCH3 is 1. The lowest BCUT2D eigenvalue weighted by atomic mass is 10.2. The van der Waals surface area contributed by atoms with Gasteiger partial charge in [0, 0.05) is 19.9 Å². The van der Waals surface area contributed by atoms with E-state index in [1.165, 1.54) is 0 Å². The molecule has 2 rings (SSSR count). The minimum Gasteiger partial charge on any atom is -0.382 e. The summed E-state index contributed by atoms with van der Waals surface area (Å²) in [6.07, 6.45) is 1.63. The molecule has 0 saturated heterocycles. The molecule has 0 saturated carbocycles. The van der Waals surface area contributed by atoms with Crippen molar-refractivity contribution < 1.29 is 4.74 Å². The topological polar surface area (TPSA) is 46.2 Å². The van der Waals surface area contributed by atoms with Crippen LogP contribution in [-0.4, -0.2) is 31.3 Å². The standard InChI is InChI=1S/C9H12ClN3O/c1-14-5-7-4-11-8-2-6(10)3-12-9(8)13-7/h2-3,7,11H,4-5H2,1H3,(H,12,13). The summed E-state index contributed by atoms with van der Waals surface area (Å²) in [6, 6.07) is 2.13. The van der Waals surface area contributed by atoms with Gasteiger partial charge in [-0.1, -0.05) is 11.6 Å². The number of halogens is 1. The predicted octanol–water partition coefficient (Wildman–Crippen LogP) is 1.59. The van der Waals surface area contributed by atoms with Crippen LogP contribution in [0, 0.1) is 0 Å². The first-order valence-corrected chi connectivity index (χ1v) is 4.82. The first kappa shape index (κ1) is 9.55. The highest BCUT2D eigenvalue weighted by Crippen LogP contribution is 2.26. The second-order valence-corrected chi connectivity index (χ2v) is 3.66. The van der Waals surface area contributed by atoms with E-state index >= 15 is 0 Å².